The van der Waals surface area contributed by atoms with Gasteiger partial charge in [-0.05, 0) is 59.3 Å². The molecule has 0 aliphatic heterocycles. The van der Waals surface area contributed by atoms with Crippen LogP contribution in [-0.2, 0) is 37.0 Å². The van der Waals surface area contributed by atoms with E-state index in [-0.39, 0.29) is 47.1 Å². The average molecular weight is 698 g/mol. The van der Waals surface area contributed by atoms with Crippen molar-refractivity contribution < 1.29 is 14.3 Å². The van der Waals surface area contributed by atoms with E-state index in [4.69, 9.17) is 39.1 Å². The number of aromatic amines is 1. The number of hydrogen-bond acceptors (Lipinski definition) is 6. The minimum Gasteiger partial charge on any atom is -0.469 e. The molecule has 1 aromatic heterocycles. The van der Waals surface area contributed by atoms with Crippen LogP contribution in [0.2, 0.25) is 0 Å². The fraction of sp³-hybridized carbons (Fsp3) is 0.639. The van der Waals surface area contributed by atoms with Crippen molar-refractivity contribution >= 4 is 40.7 Å². The van der Waals surface area contributed by atoms with Crippen LogP contribution >= 0.6 is 0 Å². The molecule has 0 radical (unpaired) electrons. The van der Waals surface area contributed by atoms with Crippen LogP contribution in [0.15, 0.2) is 27.1 Å². The highest BCUT2D eigenvalue weighted by Crippen LogP contribution is 2.41. The van der Waals surface area contributed by atoms with E-state index in [9.17, 15) is 9.59 Å². The van der Waals surface area contributed by atoms with Crippen LogP contribution in [-0.4, -0.2) is 67.5 Å². The molecule has 14 N–H and O–H groups in total. The fourth-order valence-electron chi connectivity index (χ4n) is 6.26. The number of nitrogens with zero attached hydrogens (tertiary/aromatic N) is 3. The molecule has 0 saturated heterocycles. The lowest BCUT2D eigenvalue weighted by atomic mass is 9.77. The number of nitrogens with one attached hydrogen (secondary N) is 2. The molecular weight excluding hydrogens is 634 g/mol. The standard InChI is InChI=1S/C36H63N11O3/c1-33(2,3)21-17-23(34(4,5)6)26-22(27(35(7,8)9)46-24(26)18-21)19-25(47-32(41)42)28(48)45-20-36(29(49)50-10,13-11-15-43-30(37)38)14-12-16-44-31(39)40/h17-18,25,46H,11-16,19-20H2,1-10H3,(H,45,48)(H4,37,38,43)(H4,39,40,44)(H4,41,42,47)/t25-/m0/s1. The minimum absolute atomic E-state index is 0.0408. The Hall–Kier alpha value is -4.49. The second-order valence-electron chi connectivity index (χ2n) is 16.3. The summed E-state index contributed by atoms with van der Waals surface area (Å²) >= 11 is 0. The number of ether oxygens (including phenoxy) is 1. The Kier molecular flexibility index (Phi) is 13.7. The topological polar surface area (TPSA) is 264 Å². The maximum Gasteiger partial charge on any atom is 0.313 e. The Balaban J connectivity index is 2.66. The third-order valence-electron chi connectivity index (χ3n) is 8.87. The first-order valence-corrected chi connectivity index (χ1v) is 17.2. The van der Waals surface area contributed by atoms with Gasteiger partial charge in [-0.1, -0.05) is 68.4 Å². The van der Waals surface area contributed by atoms with Crippen molar-refractivity contribution in [3.63, 3.8) is 0 Å². The van der Waals surface area contributed by atoms with Gasteiger partial charge in [-0.15, -0.1) is 0 Å². The number of carbonyl (C=O) groups excluding carboxylic acids is 2. The predicted molar refractivity (Wildman–Crippen MR) is 205 cm³/mol. The van der Waals surface area contributed by atoms with Crippen LogP contribution in [0.1, 0.15) is 110 Å². The number of aliphatic imine (C=N–C) groups is 3. The van der Waals surface area contributed by atoms with E-state index >= 15 is 0 Å². The molecule has 50 heavy (non-hydrogen) atoms. The Morgan fingerprint density at radius 1 is 0.800 bits per heavy atom. The summed E-state index contributed by atoms with van der Waals surface area (Å²) in [6, 6.07) is 3.49. The number of esters is 1. The lowest BCUT2D eigenvalue weighted by Gasteiger charge is -2.32. The summed E-state index contributed by atoms with van der Waals surface area (Å²) in [7, 11) is 1.32. The Labute approximate surface area is 297 Å². The lowest BCUT2D eigenvalue weighted by Crippen LogP contribution is -2.47. The number of benzene rings is 1. The zero-order valence-electron chi connectivity index (χ0n) is 31.9. The van der Waals surface area contributed by atoms with Crippen LogP contribution in [0, 0.1) is 5.41 Å². The van der Waals surface area contributed by atoms with Gasteiger partial charge in [-0.25, -0.2) is 4.99 Å². The molecule has 1 amide bonds. The van der Waals surface area contributed by atoms with Gasteiger partial charge in [0, 0.05) is 48.1 Å². The Bertz CT molecular complexity index is 1550. The second-order valence-corrected chi connectivity index (χ2v) is 16.3. The summed E-state index contributed by atoms with van der Waals surface area (Å²) in [5.41, 5.74) is 37.6. The molecule has 1 heterocycles. The molecule has 14 heteroatoms. The summed E-state index contributed by atoms with van der Waals surface area (Å²) in [6.07, 6.45) is 1.78. The number of carbonyl (C=O) groups is 2. The molecule has 1 atom stereocenters. The van der Waals surface area contributed by atoms with E-state index in [1.54, 1.807) is 0 Å². The van der Waals surface area contributed by atoms with Crippen molar-refractivity contribution in [2.24, 2.45) is 54.8 Å². The normalized spacial score (nSPS) is 13.0. The molecule has 0 spiro atoms. The van der Waals surface area contributed by atoms with Gasteiger partial charge < -0.3 is 49.4 Å². The zero-order valence-corrected chi connectivity index (χ0v) is 31.9. The van der Waals surface area contributed by atoms with E-state index in [0.29, 0.717) is 38.8 Å². The highest BCUT2D eigenvalue weighted by molar-refractivity contribution is 5.92. The van der Waals surface area contributed by atoms with E-state index in [1.807, 2.05) is 0 Å². The molecule has 0 fully saturated rings. The van der Waals surface area contributed by atoms with E-state index < -0.39 is 23.3 Å². The van der Waals surface area contributed by atoms with Gasteiger partial charge in [0.2, 0.25) is 5.91 Å². The molecule has 0 aliphatic rings. The van der Waals surface area contributed by atoms with Crippen LogP contribution < -0.4 is 39.7 Å². The van der Waals surface area contributed by atoms with Gasteiger partial charge in [0.05, 0.1) is 12.5 Å². The summed E-state index contributed by atoms with van der Waals surface area (Å²) in [4.78, 5) is 43.8. The predicted octanol–water partition coefficient (Wildman–Crippen LogP) is 2.63. The van der Waals surface area contributed by atoms with Gasteiger partial charge in [0.1, 0.15) is 6.04 Å². The van der Waals surface area contributed by atoms with Gasteiger partial charge in [-0.3, -0.25) is 19.6 Å². The van der Waals surface area contributed by atoms with Gasteiger partial charge in [-0.2, -0.15) is 0 Å². The van der Waals surface area contributed by atoms with Crippen molar-refractivity contribution in [2.75, 3.05) is 26.7 Å². The number of H-pyrrole nitrogens is 1. The summed E-state index contributed by atoms with van der Waals surface area (Å²) in [6.45, 7) is 20.1. The van der Waals surface area contributed by atoms with Crippen molar-refractivity contribution in [3.05, 3.63) is 34.5 Å². The van der Waals surface area contributed by atoms with Crippen LogP contribution in [0.3, 0.4) is 0 Å². The SMILES string of the molecule is COC(=O)C(CCCN=C(N)N)(CCCN=C(N)N)CNC(=O)[C@H](Cc1c(C(C)(C)C)[nH]c2cc(C(C)(C)C)cc(C(C)(C)C)c12)N=C(N)N. The van der Waals surface area contributed by atoms with Crippen molar-refractivity contribution in [2.45, 2.75) is 117 Å². The first kappa shape index (κ1) is 41.7. The van der Waals surface area contributed by atoms with Crippen LogP contribution in [0.5, 0.6) is 0 Å². The lowest BCUT2D eigenvalue weighted by molar-refractivity contribution is -0.154. The van der Waals surface area contributed by atoms with Crippen LogP contribution in [0.25, 0.3) is 10.9 Å². The number of fused-ring (bicyclic) bond motifs is 1. The molecule has 0 aliphatic carbocycles. The number of hydrogen-bond donors (Lipinski definition) is 8. The number of nitrogens with two attached hydrogens (primary N) is 6. The number of rotatable bonds is 15. The molecule has 2 aromatic rings. The minimum atomic E-state index is -1.12. The smallest absolute Gasteiger partial charge is 0.313 e. The van der Waals surface area contributed by atoms with Gasteiger partial charge in [0.25, 0.3) is 0 Å². The monoisotopic (exact) mass is 698 g/mol. The maximum absolute atomic E-state index is 14.2. The zero-order chi connectivity index (χ0) is 38.2. The van der Waals surface area contributed by atoms with Crippen LogP contribution in [0.4, 0.5) is 0 Å². The first-order valence-electron chi connectivity index (χ1n) is 17.2. The van der Waals surface area contributed by atoms with E-state index in [0.717, 1.165) is 27.7 Å². The second kappa shape index (κ2) is 16.5. The van der Waals surface area contributed by atoms with Crippen molar-refractivity contribution in [3.8, 4) is 0 Å². The number of amides is 1. The Morgan fingerprint density at radius 2 is 1.34 bits per heavy atom. The molecule has 0 unspecified atom stereocenters. The third-order valence-corrected chi connectivity index (χ3v) is 8.87. The third kappa shape index (κ3) is 11.3. The number of methoxy groups -OCH3 is 1. The van der Waals surface area contributed by atoms with Crippen molar-refractivity contribution in [1.82, 2.24) is 10.3 Å². The molecule has 0 saturated carbocycles. The summed E-state index contributed by atoms with van der Waals surface area (Å²) < 4.78 is 5.26. The fourth-order valence-corrected chi connectivity index (χ4v) is 6.26. The Morgan fingerprint density at radius 3 is 1.76 bits per heavy atom. The van der Waals surface area contributed by atoms with E-state index in [2.05, 4.69) is 99.7 Å². The summed E-state index contributed by atoms with van der Waals surface area (Å²) in [5, 5.41) is 4.06. The molecular formula is C36H63N11O3. The highest BCUT2D eigenvalue weighted by Gasteiger charge is 2.40. The first-order chi connectivity index (χ1) is 22.9. The van der Waals surface area contributed by atoms with E-state index in [1.165, 1.54) is 12.7 Å². The molecule has 280 valence electrons. The van der Waals surface area contributed by atoms with Gasteiger partial charge >= 0.3 is 5.97 Å². The van der Waals surface area contributed by atoms with Gasteiger partial charge in [0.15, 0.2) is 17.9 Å². The summed E-state index contributed by atoms with van der Waals surface area (Å²) in [5.74, 6) is -1.24. The highest BCUT2D eigenvalue weighted by atomic mass is 16.5. The number of guanidine groups is 3. The maximum atomic E-state index is 14.2. The molecule has 2 rings (SSSR count). The number of aromatic nitrogens is 1. The molecule has 0 bridgehead atoms. The van der Waals surface area contributed by atoms with Crippen molar-refractivity contribution in [1.29, 1.82) is 0 Å². The average Bonchev–Trinajstić information content (AvgIpc) is 3.36. The molecule has 1 aromatic carbocycles. The largest absolute Gasteiger partial charge is 0.469 e. The molecule has 14 nitrogen and oxygen atoms in total. The quantitative estimate of drug-likeness (QED) is 0.0587.